The van der Waals surface area contributed by atoms with E-state index in [0.717, 1.165) is 0 Å². The molecule has 3 N–H and O–H groups in total. The molecule has 0 saturated carbocycles. The molecule has 1 aromatic rings. The lowest BCUT2D eigenvalue weighted by Gasteiger charge is -2.12. The zero-order chi connectivity index (χ0) is 12.3. The monoisotopic (exact) mass is 243 g/mol. The van der Waals surface area contributed by atoms with E-state index in [-0.39, 0.29) is 22.3 Å². The molecule has 0 aliphatic heterocycles. The highest BCUT2D eigenvalue weighted by Gasteiger charge is 2.18. The van der Waals surface area contributed by atoms with Gasteiger partial charge in [-0.25, -0.2) is 0 Å². The van der Waals surface area contributed by atoms with Crippen LogP contribution in [0, 0.1) is 15.5 Å². The third kappa shape index (κ3) is 2.83. The molecule has 0 fully saturated rings. The molecule has 0 aromatic heterocycles. The first-order valence-corrected chi connectivity index (χ1v) is 4.74. The Labute approximate surface area is 96.6 Å². The van der Waals surface area contributed by atoms with E-state index in [1.165, 1.54) is 25.1 Å². The van der Waals surface area contributed by atoms with Gasteiger partial charge in [0, 0.05) is 11.1 Å². The molecule has 0 radical (unpaired) electrons. The Morgan fingerprint density at radius 1 is 1.69 bits per heavy atom. The van der Waals surface area contributed by atoms with Gasteiger partial charge in [-0.3, -0.25) is 15.5 Å². The van der Waals surface area contributed by atoms with Gasteiger partial charge >= 0.3 is 5.69 Å². The van der Waals surface area contributed by atoms with E-state index >= 15 is 0 Å². The number of nitrogens with one attached hydrogen (secondary N) is 1. The van der Waals surface area contributed by atoms with Crippen molar-refractivity contribution in [3.63, 3.8) is 0 Å². The van der Waals surface area contributed by atoms with Crippen molar-refractivity contribution in [2.24, 2.45) is 5.73 Å². The molecule has 6 nitrogen and oxygen atoms in total. The van der Waals surface area contributed by atoms with Gasteiger partial charge in [-0.2, -0.15) is 0 Å². The third-order valence-corrected chi connectivity index (χ3v) is 2.09. The minimum atomic E-state index is -0.722. The summed E-state index contributed by atoms with van der Waals surface area (Å²) in [5, 5.41) is 18.1. The standard InChI is InChI=1S/C9H10ClN3O3/c1-5(9(11)12)16-8-3-2-6(10)4-7(8)13(14)15/h2-5H,1H3,(H3,11,12). The normalized spacial score (nSPS) is 11.9. The van der Waals surface area contributed by atoms with Crippen LogP contribution in [0.4, 0.5) is 5.69 Å². The van der Waals surface area contributed by atoms with E-state index in [4.69, 9.17) is 27.5 Å². The Kier molecular flexibility index (Phi) is 3.68. The minimum absolute atomic E-state index is 0.0390. The van der Waals surface area contributed by atoms with Crippen molar-refractivity contribution in [2.75, 3.05) is 0 Å². The zero-order valence-corrected chi connectivity index (χ0v) is 9.19. The molecule has 1 unspecified atom stereocenters. The molecule has 16 heavy (non-hydrogen) atoms. The lowest BCUT2D eigenvalue weighted by molar-refractivity contribution is -0.385. The van der Waals surface area contributed by atoms with Crippen molar-refractivity contribution >= 4 is 23.1 Å². The van der Waals surface area contributed by atoms with Gasteiger partial charge in [0.15, 0.2) is 11.9 Å². The van der Waals surface area contributed by atoms with Crippen molar-refractivity contribution < 1.29 is 9.66 Å². The van der Waals surface area contributed by atoms with Crippen molar-refractivity contribution in [1.82, 2.24) is 0 Å². The topological polar surface area (TPSA) is 102 Å². The summed E-state index contributed by atoms with van der Waals surface area (Å²) < 4.78 is 5.17. The number of nitrogens with zero attached hydrogens (tertiary/aromatic N) is 1. The summed E-state index contributed by atoms with van der Waals surface area (Å²) >= 11 is 5.63. The van der Waals surface area contributed by atoms with Gasteiger partial charge in [0.1, 0.15) is 5.84 Å². The quantitative estimate of drug-likeness (QED) is 0.365. The van der Waals surface area contributed by atoms with E-state index < -0.39 is 11.0 Å². The zero-order valence-electron chi connectivity index (χ0n) is 8.44. The molecule has 0 aliphatic rings. The smallest absolute Gasteiger partial charge is 0.312 e. The molecule has 0 heterocycles. The molecule has 0 saturated heterocycles. The Balaban J connectivity index is 3.04. The highest BCUT2D eigenvalue weighted by molar-refractivity contribution is 6.30. The number of hydrogen-bond donors (Lipinski definition) is 2. The molecule has 0 bridgehead atoms. The maximum absolute atomic E-state index is 10.7. The number of halogens is 1. The van der Waals surface area contributed by atoms with Gasteiger partial charge in [-0.1, -0.05) is 11.6 Å². The van der Waals surface area contributed by atoms with Gasteiger partial charge in [0.05, 0.1) is 4.92 Å². The van der Waals surface area contributed by atoms with Crippen LogP contribution in [-0.4, -0.2) is 16.9 Å². The fourth-order valence-corrected chi connectivity index (χ4v) is 1.15. The maximum Gasteiger partial charge on any atom is 0.312 e. The minimum Gasteiger partial charge on any atom is -0.476 e. The predicted octanol–water partition coefficient (Wildman–Crippen LogP) is 1.95. The summed E-state index contributed by atoms with van der Waals surface area (Å²) in [6.45, 7) is 1.53. The fourth-order valence-electron chi connectivity index (χ4n) is 0.987. The van der Waals surface area contributed by atoms with E-state index in [2.05, 4.69) is 0 Å². The van der Waals surface area contributed by atoms with Gasteiger partial charge in [0.2, 0.25) is 0 Å². The van der Waals surface area contributed by atoms with Crippen molar-refractivity contribution in [3.05, 3.63) is 33.3 Å². The fraction of sp³-hybridized carbons (Fsp3) is 0.222. The van der Waals surface area contributed by atoms with Crippen LogP contribution in [-0.2, 0) is 0 Å². The Hall–Kier alpha value is -1.82. The lowest BCUT2D eigenvalue weighted by Crippen LogP contribution is -2.30. The molecular formula is C9H10ClN3O3. The van der Waals surface area contributed by atoms with Crippen LogP contribution in [0.15, 0.2) is 18.2 Å². The van der Waals surface area contributed by atoms with Gasteiger partial charge < -0.3 is 10.5 Å². The number of nitro benzene ring substituents is 1. The first-order valence-electron chi connectivity index (χ1n) is 4.36. The molecule has 1 rings (SSSR count). The average molecular weight is 244 g/mol. The number of benzene rings is 1. The summed E-state index contributed by atoms with van der Waals surface area (Å²) in [4.78, 5) is 10.1. The van der Waals surface area contributed by atoms with Crippen LogP contribution in [0.3, 0.4) is 0 Å². The number of amidine groups is 1. The summed E-state index contributed by atoms with van der Waals surface area (Å²) in [6, 6.07) is 4.03. The number of hydrogen-bond acceptors (Lipinski definition) is 4. The predicted molar refractivity (Wildman–Crippen MR) is 60.1 cm³/mol. The highest BCUT2D eigenvalue weighted by atomic mass is 35.5. The summed E-state index contributed by atoms with van der Waals surface area (Å²) in [6.07, 6.45) is -0.722. The number of rotatable bonds is 4. The third-order valence-electron chi connectivity index (χ3n) is 1.86. The molecular weight excluding hydrogens is 234 g/mol. The van der Waals surface area contributed by atoms with E-state index in [0.29, 0.717) is 0 Å². The largest absolute Gasteiger partial charge is 0.476 e. The van der Waals surface area contributed by atoms with Crippen LogP contribution in [0.5, 0.6) is 5.75 Å². The molecule has 0 amide bonds. The average Bonchev–Trinajstić information content (AvgIpc) is 2.20. The second kappa shape index (κ2) is 4.80. The number of nitro groups is 1. The summed E-state index contributed by atoms with van der Waals surface area (Å²) in [5.74, 6) is -0.165. The Bertz CT molecular complexity index is 436. The molecule has 1 aromatic carbocycles. The van der Waals surface area contributed by atoms with E-state index in [1.807, 2.05) is 0 Å². The van der Waals surface area contributed by atoms with Crippen molar-refractivity contribution in [3.8, 4) is 5.75 Å². The highest BCUT2D eigenvalue weighted by Crippen LogP contribution is 2.30. The van der Waals surface area contributed by atoms with Crippen LogP contribution >= 0.6 is 11.6 Å². The van der Waals surface area contributed by atoms with Gasteiger partial charge in [-0.05, 0) is 19.1 Å². The van der Waals surface area contributed by atoms with Crippen LogP contribution in [0.1, 0.15) is 6.92 Å². The molecule has 0 spiro atoms. The van der Waals surface area contributed by atoms with Crippen LogP contribution in [0.2, 0.25) is 5.02 Å². The Morgan fingerprint density at radius 2 is 2.31 bits per heavy atom. The van der Waals surface area contributed by atoms with Gasteiger partial charge in [-0.15, -0.1) is 0 Å². The first kappa shape index (κ1) is 12.3. The van der Waals surface area contributed by atoms with E-state index in [9.17, 15) is 10.1 Å². The molecule has 1 atom stereocenters. The van der Waals surface area contributed by atoms with Crippen LogP contribution in [0.25, 0.3) is 0 Å². The molecule has 86 valence electrons. The SMILES string of the molecule is CC(Oc1ccc(Cl)cc1[N+](=O)[O-])C(=N)N. The molecule has 7 heteroatoms. The molecule has 0 aliphatic carbocycles. The number of nitrogens with two attached hydrogens (primary N) is 1. The van der Waals surface area contributed by atoms with Gasteiger partial charge in [0.25, 0.3) is 0 Å². The van der Waals surface area contributed by atoms with Crippen molar-refractivity contribution in [2.45, 2.75) is 13.0 Å². The van der Waals surface area contributed by atoms with E-state index in [1.54, 1.807) is 0 Å². The number of ether oxygens (including phenoxy) is 1. The van der Waals surface area contributed by atoms with Crippen molar-refractivity contribution in [1.29, 1.82) is 5.41 Å². The lowest BCUT2D eigenvalue weighted by atomic mass is 10.3. The Morgan fingerprint density at radius 3 is 2.81 bits per heavy atom. The summed E-state index contributed by atoms with van der Waals surface area (Å²) in [5.41, 5.74) is 4.95. The second-order valence-electron chi connectivity index (χ2n) is 3.08. The first-order chi connectivity index (χ1) is 7.41. The van der Waals surface area contributed by atoms with Crippen LogP contribution < -0.4 is 10.5 Å². The second-order valence-corrected chi connectivity index (χ2v) is 3.52. The maximum atomic E-state index is 10.7. The summed E-state index contributed by atoms with van der Waals surface area (Å²) in [7, 11) is 0.